The quantitative estimate of drug-likeness (QED) is 0.826. The summed E-state index contributed by atoms with van der Waals surface area (Å²) < 4.78 is 11.5. The highest BCUT2D eigenvalue weighted by molar-refractivity contribution is 5.90. The van der Waals surface area contributed by atoms with E-state index in [2.05, 4.69) is 9.72 Å². The normalized spacial score (nSPS) is 10.1. The zero-order valence-electron chi connectivity index (χ0n) is 10.1. The van der Waals surface area contributed by atoms with Gasteiger partial charge in [-0.3, -0.25) is 0 Å². The fourth-order valence-electron chi connectivity index (χ4n) is 1.57. The zero-order chi connectivity index (χ0) is 13.1. The Morgan fingerprint density at radius 2 is 2.11 bits per heavy atom. The van der Waals surface area contributed by atoms with Gasteiger partial charge in [-0.2, -0.15) is 0 Å². The van der Waals surface area contributed by atoms with Crippen LogP contribution in [0, 0.1) is 0 Å². The molecule has 0 atom stereocenters. The highest BCUT2D eigenvalue weighted by Crippen LogP contribution is 2.21. The minimum Gasteiger partial charge on any atom is -0.497 e. The Morgan fingerprint density at radius 1 is 1.33 bits per heavy atom. The topological polar surface area (TPSA) is 79.4 Å². The van der Waals surface area contributed by atoms with E-state index >= 15 is 0 Å². The Morgan fingerprint density at radius 3 is 2.67 bits per heavy atom. The highest BCUT2D eigenvalue weighted by atomic mass is 16.5. The summed E-state index contributed by atoms with van der Waals surface area (Å²) in [6.45, 7) is 0. The minimum atomic E-state index is -0.428. The molecule has 1 aromatic heterocycles. The smallest absolute Gasteiger partial charge is 0.338 e. The maximum absolute atomic E-state index is 11.5. The van der Waals surface area contributed by atoms with Crippen molar-refractivity contribution in [3.05, 3.63) is 36.3 Å². The molecule has 0 radical (unpaired) electrons. The Hall–Kier alpha value is -2.50. The molecule has 6 nitrogen and oxygen atoms in total. The predicted molar refractivity (Wildman–Crippen MR) is 65.9 cm³/mol. The molecular formula is C12H13N3O3. The van der Waals surface area contributed by atoms with Gasteiger partial charge in [-0.1, -0.05) is 0 Å². The van der Waals surface area contributed by atoms with Crippen molar-refractivity contribution in [1.29, 1.82) is 0 Å². The molecule has 1 heterocycles. The van der Waals surface area contributed by atoms with Gasteiger partial charge in [0.1, 0.15) is 17.9 Å². The molecule has 6 heteroatoms. The van der Waals surface area contributed by atoms with E-state index in [1.807, 2.05) is 0 Å². The van der Waals surface area contributed by atoms with Crippen LogP contribution in [0.4, 0.5) is 5.82 Å². The van der Waals surface area contributed by atoms with Crippen molar-refractivity contribution in [2.75, 3.05) is 20.0 Å². The van der Waals surface area contributed by atoms with Crippen LogP contribution in [-0.4, -0.2) is 29.7 Å². The van der Waals surface area contributed by atoms with Crippen LogP contribution in [0.15, 0.2) is 30.7 Å². The number of hydrogen-bond acceptors (Lipinski definition) is 5. The molecule has 0 amide bonds. The molecule has 0 saturated carbocycles. The maximum Gasteiger partial charge on any atom is 0.338 e. The molecule has 0 aliphatic heterocycles. The predicted octanol–water partition coefficient (Wildman–Crippen LogP) is 1.25. The van der Waals surface area contributed by atoms with Crippen molar-refractivity contribution in [2.24, 2.45) is 0 Å². The fraction of sp³-hybridized carbons (Fsp3) is 0.167. The molecule has 0 spiro atoms. The van der Waals surface area contributed by atoms with Gasteiger partial charge in [-0.15, -0.1) is 0 Å². The van der Waals surface area contributed by atoms with Crippen molar-refractivity contribution < 1.29 is 14.3 Å². The van der Waals surface area contributed by atoms with Gasteiger partial charge in [-0.05, 0) is 12.1 Å². The first-order valence-corrected chi connectivity index (χ1v) is 5.21. The van der Waals surface area contributed by atoms with Gasteiger partial charge in [0, 0.05) is 6.07 Å². The van der Waals surface area contributed by atoms with Gasteiger partial charge in [0.2, 0.25) is 0 Å². The Labute approximate surface area is 104 Å². The first-order valence-electron chi connectivity index (χ1n) is 5.21. The van der Waals surface area contributed by atoms with Gasteiger partial charge in [0.25, 0.3) is 0 Å². The number of nitrogen functional groups attached to an aromatic ring is 1. The number of carbonyl (C=O) groups is 1. The second-order valence-electron chi connectivity index (χ2n) is 3.62. The Bertz CT molecular complexity index is 578. The summed E-state index contributed by atoms with van der Waals surface area (Å²) in [5, 5.41) is 0. The standard InChI is InChI=1S/C12H13N3O3/c1-17-10-4-8(12(16)18-2)3-9(5-10)15-6-11(13)14-7-15/h3-7H,13H2,1-2H3. The molecule has 0 aliphatic carbocycles. The van der Waals surface area contributed by atoms with Crippen LogP contribution in [-0.2, 0) is 4.74 Å². The van der Waals surface area contributed by atoms with E-state index in [1.54, 1.807) is 35.3 Å². The summed E-state index contributed by atoms with van der Waals surface area (Å²) in [5.41, 5.74) is 6.68. The highest BCUT2D eigenvalue weighted by Gasteiger charge is 2.10. The summed E-state index contributed by atoms with van der Waals surface area (Å²) in [7, 11) is 2.86. The number of aromatic nitrogens is 2. The fourth-order valence-corrected chi connectivity index (χ4v) is 1.57. The summed E-state index contributed by atoms with van der Waals surface area (Å²) >= 11 is 0. The number of ether oxygens (including phenoxy) is 2. The summed E-state index contributed by atoms with van der Waals surface area (Å²) in [6, 6.07) is 5.05. The van der Waals surface area contributed by atoms with Gasteiger partial charge in [0.05, 0.1) is 31.7 Å². The number of hydrogen-bond donors (Lipinski definition) is 1. The van der Waals surface area contributed by atoms with Crippen molar-refractivity contribution in [3.8, 4) is 11.4 Å². The lowest BCUT2D eigenvalue weighted by molar-refractivity contribution is 0.0600. The maximum atomic E-state index is 11.5. The van der Waals surface area contributed by atoms with E-state index in [0.29, 0.717) is 17.1 Å². The number of imidazole rings is 1. The summed E-state index contributed by atoms with van der Waals surface area (Å²) in [5.74, 6) is 0.529. The number of anilines is 1. The lowest BCUT2D eigenvalue weighted by atomic mass is 10.2. The number of benzene rings is 1. The molecular weight excluding hydrogens is 234 g/mol. The molecule has 2 rings (SSSR count). The van der Waals surface area contributed by atoms with Gasteiger partial charge < -0.3 is 19.8 Å². The molecule has 1 aromatic carbocycles. The van der Waals surface area contributed by atoms with Crippen LogP contribution in [0.3, 0.4) is 0 Å². The van der Waals surface area contributed by atoms with Crippen molar-refractivity contribution in [3.63, 3.8) is 0 Å². The monoisotopic (exact) mass is 247 g/mol. The average molecular weight is 247 g/mol. The molecule has 0 aliphatic rings. The largest absolute Gasteiger partial charge is 0.497 e. The third-order valence-electron chi connectivity index (χ3n) is 2.45. The number of esters is 1. The lowest BCUT2D eigenvalue weighted by Crippen LogP contribution is -2.03. The molecule has 2 aromatic rings. The van der Waals surface area contributed by atoms with Crippen molar-refractivity contribution >= 4 is 11.8 Å². The second kappa shape index (κ2) is 4.79. The van der Waals surface area contributed by atoms with Crippen LogP contribution >= 0.6 is 0 Å². The summed E-state index contributed by atoms with van der Waals surface area (Å²) in [4.78, 5) is 15.5. The Balaban J connectivity index is 2.50. The second-order valence-corrected chi connectivity index (χ2v) is 3.62. The molecule has 0 unspecified atom stereocenters. The number of carbonyl (C=O) groups excluding carboxylic acids is 1. The molecule has 94 valence electrons. The van der Waals surface area contributed by atoms with Crippen LogP contribution < -0.4 is 10.5 Å². The third-order valence-corrected chi connectivity index (χ3v) is 2.45. The van der Waals surface area contributed by atoms with E-state index in [4.69, 9.17) is 10.5 Å². The van der Waals surface area contributed by atoms with Crippen LogP contribution in [0.2, 0.25) is 0 Å². The van der Waals surface area contributed by atoms with Crippen molar-refractivity contribution in [1.82, 2.24) is 9.55 Å². The number of rotatable bonds is 3. The van der Waals surface area contributed by atoms with E-state index in [1.165, 1.54) is 14.2 Å². The zero-order valence-corrected chi connectivity index (χ0v) is 10.1. The van der Waals surface area contributed by atoms with Gasteiger partial charge in [-0.25, -0.2) is 9.78 Å². The molecule has 0 bridgehead atoms. The Kier molecular flexibility index (Phi) is 3.18. The van der Waals surface area contributed by atoms with Gasteiger partial charge in [0.15, 0.2) is 0 Å². The molecule has 0 fully saturated rings. The average Bonchev–Trinajstić information content (AvgIpc) is 2.84. The number of methoxy groups -OCH3 is 2. The number of nitrogens with zero attached hydrogens (tertiary/aromatic N) is 2. The van der Waals surface area contributed by atoms with Crippen molar-refractivity contribution in [2.45, 2.75) is 0 Å². The van der Waals surface area contributed by atoms with Crippen LogP contribution in [0.1, 0.15) is 10.4 Å². The van der Waals surface area contributed by atoms with E-state index < -0.39 is 5.97 Å². The van der Waals surface area contributed by atoms with Crippen LogP contribution in [0.5, 0.6) is 5.75 Å². The van der Waals surface area contributed by atoms with E-state index in [9.17, 15) is 4.79 Å². The SMILES string of the molecule is COC(=O)c1cc(OC)cc(-n2cnc(N)c2)c1. The molecule has 18 heavy (non-hydrogen) atoms. The minimum absolute atomic E-state index is 0.400. The first kappa shape index (κ1) is 12.0. The van der Waals surface area contributed by atoms with E-state index in [-0.39, 0.29) is 0 Å². The first-order chi connectivity index (χ1) is 8.63. The molecule has 2 N–H and O–H groups in total. The summed E-state index contributed by atoms with van der Waals surface area (Å²) in [6.07, 6.45) is 3.21. The van der Waals surface area contributed by atoms with Gasteiger partial charge >= 0.3 is 5.97 Å². The van der Waals surface area contributed by atoms with Crippen LogP contribution in [0.25, 0.3) is 5.69 Å². The lowest BCUT2D eigenvalue weighted by Gasteiger charge is -2.08. The number of nitrogens with two attached hydrogens (primary N) is 1. The third kappa shape index (κ3) is 2.27. The van der Waals surface area contributed by atoms with E-state index in [0.717, 1.165) is 5.69 Å². The molecule has 0 saturated heterocycles.